The summed E-state index contributed by atoms with van der Waals surface area (Å²) in [5.74, 6) is 2.78. The highest BCUT2D eigenvalue weighted by Gasteiger charge is 2.62. The summed E-state index contributed by atoms with van der Waals surface area (Å²) in [4.78, 5) is 13.4. The van der Waals surface area contributed by atoms with Crippen LogP contribution in [0.4, 0.5) is 0 Å². The van der Waals surface area contributed by atoms with Crippen LogP contribution in [0.2, 0.25) is 0 Å². The smallest absolute Gasteiger partial charge is 0.181 e. The Kier molecular flexibility index (Phi) is 6.23. The molecule has 3 N–H and O–H groups in total. The minimum Gasteiger partial charge on any atom is -0.387 e. The third-order valence-electron chi connectivity index (χ3n) is 10.9. The van der Waals surface area contributed by atoms with E-state index in [0.717, 1.165) is 38.5 Å². The Bertz CT molecular complexity index is 917. The number of aliphatic hydroxyl groups is 3. The summed E-state index contributed by atoms with van der Waals surface area (Å²) < 4.78 is 6.90. The van der Waals surface area contributed by atoms with Gasteiger partial charge in [0, 0.05) is 24.8 Å². The maximum atomic E-state index is 13.4. The standard InChI is InChI=1S/C27H42N2O5/c1-25-10-11-27(33,16-34-3)12-18(25)4-5-19-20-6-7-22(26(20,2)9-8-21(19)25)23(30)15-29-14-17(13-28-29)24(31)32/h13-14,18-22,24,31-33H,4-12,15-16H2,1-3H3/t18-,19-,20-,21-,22+,25-,26-,27+/m0/s1. The molecule has 4 fully saturated rings. The van der Waals surface area contributed by atoms with Crippen LogP contribution in [0.3, 0.4) is 0 Å². The summed E-state index contributed by atoms with van der Waals surface area (Å²) in [5, 5.41) is 33.9. The summed E-state index contributed by atoms with van der Waals surface area (Å²) in [5.41, 5.74) is -0.0285. The Balaban J connectivity index is 1.30. The zero-order valence-electron chi connectivity index (χ0n) is 20.9. The number of Topliss-reactive ketones (excluding diaryl/α,β-unsaturated/α-hetero) is 1. The van der Waals surface area contributed by atoms with Gasteiger partial charge in [0.05, 0.1) is 24.9 Å². The fourth-order valence-electron chi connectivity index (χ4n) is 9.12. The number of rotatable bonds is 6. The van der Waals surface area contributed by atoms with Crippen molar-refractivity contribution in [3.63, 3.8) is 0 Å². The Morgan fingerprint density at radius 1 is 1.12 bits per heavy atom. The highest BCUT2D eigenvalue weighted by Crippen LogP contribution is 2.68. The molecule has 0 radical (unpaired) electrons. The molecule has 0 aliphatic heterocycles. The monoisotopic (exact) mass is 474 g/mol. The lowest BCUT2D eigenvalue weighted by atomic mass is 9.44. The van der Waals surface area contributed by atoms with Crippen molar-refractivity contribution in [2.24, 2.45) is 40.4 Å². The first-order chi connectivity index (χ1) is 16.1. The van der Waals surface area contributed by atoms with E-state index in [9.17, 15) is 20.1 Å². The number of carbonyl (C=O) groups is 1. The second-order valence-corrected chi connectivity index (χ2v) is 12.5. The fourth-order valence-corrected chi connectivity index (χ4v) is 9.12. The number of hydrogen-bond donors (Lipinski definition) is 3. The molecular weight excluding hydrogens is 432 g/mol. The van der Waals surface area contributed by atoms with Crippen molar-refractivity contribution in [1.82, 2.24) is 9.78 Å². The molecule has 5 rings (SSSR count). The Morgan fingerprint density at radius 3 is 2.59 bits per heavy atom. The van der Waals surface area contributed by atoms with Gasteiger partial charge in [-0.05, 0) is 92.3 Å². The van der Waals surface area contributed by atoms with Gasteiger partial charge in [0.1, 0.15) is 0 Å². The molecule has 190 valence electrons. The van der Waals surface area contributed by atoms with Crippen molar-refractivity contribution in [3.05, 3.63) is 18.0 Å². The topological polar surface area (TPSA) is 105 Å². The molecule has 0 spiro atoms. The maximum Gasteiger partial charge on any atom is 0.181 e. The fraction of sp³-hybridized carbons (Fsp3) is 0.852. The molecule has 4 aliphatic carbocycles. The van der Waals surface area contributed by atoms with E-state index in [-0.39, 0.29) is 29.1 Å². The van der Waals surface area contributed by atoms with Crippen LogP contribution >= 0.6 is 0 Å². The van der Waals surface area contributed by atoms with E-state index in [1.165, 1.54) is 25.5 Å². The van der Waals surface area contributed by atoms with Gasteiger partial charge in [0.25, 0.3) is 0 Å². The van der Waals surface area contributed by atoms with E-state index in [4.69, 9.17) is 4.74 Å². The van der Waals surface area contributed by atoms with E-state index in [0.29, 0.717) is 35.8 Å². The van der Waals surface area contributed by atoms with Crippen LogP contribution in [-0.4, -0.2) is 50.2 Å². The minimum atomic E-state index is -1.56. The number of carbonyl (C=O) groups excluding carboxylic acids is 1. The SMILES string of the molecule is COC[C@@]1(O)CC[C@@]2(C)[C@@H](CC[C@@H]3[C@@H]2CC[C@]2(C)[C@@H](C(=O)Cn4cc(C(O)O)cn4)CC[C@@H]32)C1. The summed E-state index contributed by atoms with van der Waals surface area (Å²) in [6.45, 7) is 5.49. The van der Waals surface area contributed by atoms with Crippen LogP contribution in [0.15, 0.2) is 12.4 Å². The summed E-state index contributed by atoms with van der Waals surface area (Å²) >= 11 is 0. The number of nitrogens with zero attached hydrogens (tertiary/aromatic N) is 2. The van der Waals surface area contributed by atoms with E-state index in [1.807, 2.05) is 0 Å². The zero-order chi connectivity index (χ0) is 24.3. The van der Waals surface area contributed by atoms with Gasteiger partial charge < -0.3 is 20.1 Å². The average Bonchev–Trinajstić information content (AvgIpc) is 3.38. The number of ketones is 1. The minimum absolute atomic E-state index is 0.0410. The Morgan fingerprint density at radius 2 is 1.88 bits per heavy atom. The van der Waals surface area contributed by atoms with Gasteiger partial charge in [0.15, 0.2) is 12.1 Å². The quantitative estimate of drug-likeness (QED) is 0.546. The van der Waals surface area contributed by atoms with Crippen LogP contribution in [0.25, 0.3) is 0 Å². The van der Waals surface area contributed by atoms with Crippen molar-refractivity contribution in [2.45, 2.75) is 90.1 Å². The molecule has 8 atom stereocenters. The highest BCUT2D eigenvalue weighted by molar-refractivity contribution is 5.82. The van der Waals surface area contributed by atoms with Crippen LogP contribution in [-0.2, 0) is 16.1 Å². The van der Waals surface area contributed by atoms with Gasteiger partial charge in [0.2, 0.25) is 0 Å². The number of fused-ring (bicyclic) bond motifs is 5. The van der Waals surface area contributed by atoms with Crippen LogP contribution in [0, 0.1) is 40.4 Å². The molecule has 0 unspecified atom stereocenters. The van der Waals surface area contributed by atoms with E-state index < -0.39 is 11.9 Å². The van der Waals surface area contributed by atoms with Gasteiger partial charge in [-0.2, -0.15) is 5.10 Å². The van der Waals surface area contributed by atoms with Gasteiger partial charge in [-0.3, -0.25) is 9.48 Å². The molecule has 7 heteroatoms. The number of aromatic nitrogens is 2. The lowest BCUT2D eigenvalue weighted by Gasteiger charge is -2.62. The predicted molar refractivity (Wildman–Crippen MR) is 126 cm³/mol. The van der Waals surface area contributed by atoms with Crippen molar-refractivity contribution < 1.29 is 24.9 Å². The van der Waals surface area contributed by atoms with Crippen LogP contribution < -0.4 is 0 Å². The third kappa shape index (κ3) is 3.87. The zero-order valence-corrected chi connectivity index (χ0v) is 20.9. The second kappa shape index (κ2) is 8.68. The number of aliphatic hydroxyl groups excluding tert-OH is 1. The lowest BCUT2D eigenvalue weighted by molar-refractivity contribution is -0.164. The summed E-state index contributed by atoms with van der Waals surface area (Å²) in [7, 11) is 1.68. The summed E-state index contributed by atoms with van der Waals surface area (Å²) in [6.07, 6.45) is 10.9. The van der Waals surface area contributed by atoms with Crippen molar-refractivity contribution >= 4 is 5.78 Å². The first-order valence-electron chi connectivity index (χ1n) is 13.2. The van der Waals surface area contributed by atoms with Crippen molar-refractivity contribution in [3.8, 4) is 0 Å². The van der Waals surface area contributed by atoms with E-state index in [1.54, 1.807) is 18.0 Å². The average molecular weight is 475 g/mol. The largest absolute Gasteiger partial charge is 0.387 e. The molecule has 1 aromatic rings. The van der Waals surface area contributed by atoms with E-state index in [2.05, 4.69) is 18.9 Å². The molecule has 0 bridgehead atoms. The highest BCUT2D eigenvalue weighted by atomic mass is 16.5. The molecule has 34 heavy (non-hydrogen) atoms. The van der Waals surface area contributed by atoms with Gasteiger partial charge in [-0.15, -0.1) is 0 Å². The van der Waals surface area contributed by atoms with Crippen LogP contribution in [0.5, 0.6) is 0 Å². The predicted octanol–water partition coefficient (Wildman–Crippen LogP) is 3.47. The summed E-state index contributed by atoms with van der Waals surface area (Å²) in [6, 6.07) is 0. The van der Waals surface area contributed by atoms with Crippen molar-refractivity contribution in [1.29, 1.82) is 0 Å². The molecule has 1 heterocycles. The van der Waals surface area contributed by atoms with Crippen LogP contribution in [0.1, 0.15) is 83.5 Å². The molecule has 0 aromatic carbocycles. The molecule has 4 saturated carbocycles. The molecule has 1 aromatic heterocycles. The second-order valence-electron chi connectivity index (χ2n) is 12.5. The first kappa shape index (κ1) is 24.4. The normalized spacial score (nSPS) is 43.9. The Labute approximate surface area is 202 Å². The lowest BCUT2D eigenvalue weighted by Crippen LogP contribution is -2.56. The van der Waals surface area contributed by atoms with Gasteiger partial charge >= 0.3 is 0 Å². The number of ether oxygens (including phenoxy) is 1. The Hall–Kier alpha value is -1.28. The maximum absolute atomic E-state index is 13.4. The first-order valence-corrected chi connectivity index (χ1v) is 13.2. The van der Waals surface area contributed by atoms with Crippen molar-refractivity contribution in [2.75, 3.05) is 13.7 Å². The van der Waals surface area contributed by atoms with Gasteiger partial charge in [-0.25, -0.2) is 0 Å². The number of hydrogen-bond acceptors (Lipinski definition) is 6. The van der Waals surface area contributed by atoms with Gasteiger partial charge in [-0.1, -0.05) is 13.8 Å². The molecular formula is C27H42N2O5. The molecule has 4 aliphatic rings. The van der Waals surface area contributed by atoms with E-state index >= 15 is 0 Å². The molecule has 0 saturated heterocycles. The third-order valence-corrected chi connectivity index (χ3v) is 10.9. The molecule has 0 amide bonds. The number of methoxy groups -OCH3 is 1. The molecule has 7 nitrogen and oxygen atoms in total.